The van der Waals surface area contributed by atoms with Gasteiger partial charge < -0.3 is 10.1 Å². The zero-order chi connectivity index (χ0) is 11.4. The summed E-state index contributed by atoms with van der Waals surface area (Å²) in [5.41, 5.74) is 0.964. The fourth-order valence-electron chi connectivity index (χ4n) is 1.84. The van der Waals surface area contributed by atoms with Gasteiger partial charge >= 0.3 is 0 Å². The first-order valence-corrected chi connectivity index (χ1v) is 6.30. The normalized spacial score (nSPS) is 17.6. The third-order valence-corrected chi connectivity index (χ3v) is 3.72. The first-order valence-electron chi connectivity index (χ1n) is 5.51. The number of ether oxygens (including phenoxy) is 1. The Labute approximate surface area is 103 Å². The minimum Gasteiger partial charge on any atom is -0.381 e. The highest BCUT2D eigenvalue weighted by Gasteiger charge is 2.13. The molecule has 2 rings (SSSR count). The molecule has 1 fully saturated rings. The van der Waals surface area contributed by atoms with E-state index in [0.717, 1.165) is 31.6 Å². The Balaban J connectivity index is 1.91. The van der Waals surface area contributed by atoms with Crippen LogP contribution < -0.4 is 5.32 Å². The first-order chi connectivity index (χ1) is 7.77. The van der Waals surface area contributed by atoms with Gasteiger partial charge in [0, 0.05) is 25.8 Å². The van der Waals surface area contributed by atoms with Crippen molar-refractivity contribution >= 4 is 15.9 Å². The van der Waals surface area contributed by atoms with E-state index < -0.39 is 0 Å². The summed E-state index contributed by atoms with van der Waals surface area (Å²) < 4.78 is 19.1. The van der Waals surface area contributed by atoms with Gasteiger partial charge in [0.25, 0.3) is 0 Å². The first kappa shape index (κ1) is 12.0. The van der Waals surface area contributed by atoms with Crippen molar-refractivity contribution in [1.82, 2.24) is 5.32 Å². The van der Waals surface area contributed by atoms with E-state index >= 15 is 0 Å². The summed E-state index contributed by atoms with van der Waals surface area (Å²) in [6, 6.07) is 5.62. The number of benzene rings is 1. The van der Waals surface area contributed by atoms with Crippen LogP contribution in [0.15, 0.2) is 22.7 Å². The van der Waals surface area contributed by atoms with E-state index in [1.165, 1.54) is 6.07 Å². The molecule has 1 aliphatic rings. The predicted molar refractivity (Wildman–Crippen MR) is 64.8 cm³/mol. The van der Waals surface area contributed by atoms with Crippen LogP contribution in [0.1, 0.15) is 18.4 Å². The van der Waals surface area contributed by atoms with Crippen LogP contribution in [0.5, 0.6) is 0 Å². The lowest BCUT2D eigenvalue weighted by Crippen LogP contribution is -2.34. The van der Waals surface area contributed by atoms with Gasteiger partial charge in [-0.2, -0.15) is 0 Å². The number of hydrogen-bond acceptors (Lipinski definition) is 2. The van der Waals surface area contributed by atoms with Crippen molar-refractivity contribution < 1.29 is 9.13 Å². The van der Waals surface area contributed by atoms with E-state index in [0.29, 0.717) is 17.1 Å². The Kier molecular flexibility index (Phi) is 4.32. The van der Waals surface area contributed by atoms with Gasteiger partial charge in [0.15, 0.2) is 0 Å². The highest BCUT2D eigenvalue weighted by Crippen LogP contribution is 2.20. The molecule has 1 heterocycles. The molecule has 0 spiro atoms. The van der Waals surface area contributed by atoms with Crippen molar-refractivity contribution in [2.75, 3.05) is 13.2 Å². The van der Waals surface area contributed by atoms with Crippen LogP contribution in [0.3, 0.4) is 0 Å². The summed E-state index contributed by atoms with van der Waals surface area (Å²) in [6.45, 7) is 2.34. The van der Waals surface area contributed by atoms with Gasteiger partial charge in [-0.3, -0.25) is 0 Å². The van der Waals surface area contributed by atoms with Crippen LogP contribution in [-0.4, -0.2) is 19.3 Å². The molecule has 1 N–H and O–H groups in total. The van der Waals surface area contributed by atoms with Gasteiger partial charge in [-0.05, 0) is 40.4 Å². The van der Waals surface area contributed by atoms with Crippen molar-refractivity contribution in [2.45, 2.75) is 25.4 Å². The van der Waals surface area contributed by atoms with E-state index in [1.54, 1.807) is 6.07 Å². The lowest BCUT2D eigenvalue weighted by atomic mass is 10.1. The van der Waals surface area contributed by atoms with E-state index in [4.69, 9.17) is 4.74 Å². The molecule has 0 radical (unpaired) electrons. The lowest BCUT2D eigenvalue weighted by molar-refractivity contribution is 0.0776. The molecule has 0 aliphatic carbocycles. The summed E-state index contributed by atoms with van der Waals surface area (Å²) >= 11 is 3.27. The summed E-state index contributed by atoms with van der Waals surface area (Å²) in [5.74, 6) is -0.203. The van der Waals surface area contributed by atoms with E-state index in [9.17, 15) is 4.39 Å². The zero-order valence-electron chi connectivity index (χ0n) is 9.01. The van der Waals surface area contributed by atoms with E-state index in [-0.39, 0.29) is 5.82 Å². The molecular weight excluding hydrogens is 273 g/mol. The Morgan fingerprint density at radius 2 is 2.12 bits per heavy atom. The number of nitrogens with one attached hydrogen (secondary N) is 1. The highest BCUT2D eigenvalue weighted by molar-refractivity contribution is 9.10. The SMILES string of the molecule is Fc1cccc(CNC2CCOCC2)c1Br. The Hall–Kier alpha value is -0.450. The van der Waals surface area contributed by atoms with Crippen LogP contribution in [0.4, 0.5) is 4.39 Å². The Morgan fingerprint density at radius 1 is 1.38 bits per heavy atom. The van der Waals surface area contributed by atoms with Crippen molar-refractivity contribution in [1.29, 1.82) is 0 Å². The summed E-state index contributed by atoms with van der Waals surface area (Å²) in [5, 5.41) is 3.43. The molecule has 4 heteroatoms. The van der Waals surface area contributed by atoms with Gasteiger partial charge in [-0.25, -0.2) is 4.39 Å². The second-order valence-corrected chi connectivity index (χ2v) is 4.77. The fourth-order valence-corrected chi connectivity index (χ4v) is 2.25. The Bertz CT molecular complexity index is 353. The summed E-state index contributed by atoms with van der Waals surface area (Å²) in [4.78, 5) is 0. The monoisotopic (exact) mass is 287 g/mol. The average molecular weight is 288 g/mol. The molecule has 0 bridgehead atoms. The maximum absolute atomic E-state index is 13.3. The molecule has 0 amide bonds. The molecule has 1 saturated heterocycles. The number of halogens is 2. The molecule has 0 unspecified atom stereocenters. The molecule has 1 aromatic rings. The molecule has 16 heavy (non-hydrogen) atoms. The van der Waals surface area contributed by atoms with Crippen LogP contribution in [-0.2, 0) is 11.3 Å². The van der Waals surface area contributed by atoms with Crippen molar-refractivity contribution in [3.8, 4) is 0 Å². The molecule has 88 valence electrons. The van der Waals surface area contributed by atoms with Crippen LogP contribution in [0, 0.1) is 5.82 Å². The minimum absolute atomic E-state index is 0.203. The van der Waals surface area contributed by atoms with Crippen molar-refractivity contribution in [2.24, 2.45) is 0 Å². The number of rotatable bonds is 3. The van der Waals surface area contributed by atoms with Crippen molar-refractivity contribution in [3.05, 3.63) is 34.1 Å². The minimum atomic E-state index is -0.203. The molecule has 1 aliphatic heterocycles. The van der Waals surface area contributed by atoms with E-state index in [1.807, 2.05) is 6.07 Å². The van der Waals surface area contributed by atoms with E-state index in [2.05, 4.69) is 21.2 Å². The highest BCUT2D eigenvalue weighted by atomic mass is 79.9. The van der Waals surface area contributed by atoms with Gasteiger partial charge in [0.1, 0.15) is 5.82 Å². The molecular formula is C12H15BrFNO. The second-order valence-electron chi connectivity index (χ2n) is 3.98. The zero-order valence-corrected chi connectivity index (χ0v) is 10.6. The molecule has 0 atom stereocenters. The lowest BCUT2D eigenvalue weighted by Gasteiger charge is -2.23. The maximum Gasteiger partial charge on any atom is 0.137 e. The molecule has 2 nitrogen and oxygen atoms in total. The smallest absolute Gasteiger partial charge is 0.137 e. The molecule has 0 saturated carbocycles. The largest absolute Gasteiger partial charge is 0.381 e. The van der Waals surface area contributed by atoms with Gasteiger partial charge in [-0.15, -0.1) is 0 Å². The van der Waals surface area contributed by atoms with Gasteiger partial charge in [0.05, 0.1) is 4.47 Å². The van der Waals surface area contributed by atoms with Crippen LogP contribution in [0.2, 0.25) is 0 Å². The third kappa shape index (κ3) is 3.03. The van der Waals surface area contributed by atoms with Crippen molar-refractivity contribution in [3.63, 3.8) is 0 Å². The second kappa shape index (κ2) is 5.75. The predicted octanol–water partition coefficient (Wildman–Crippen LogP) is 2.86. The fraction of sp³-hybridized carbons (Fsp3) is 0.500. The summed E-state index contributed by atoms with van der Waals surface area (Å²) in [6.07, 6.45) is 2.07. The third-order valence-electron chi connectivity index (χ3n) is 2.83. The molecule has 1 aromatic carbocycles. The Morgan fingerprint density at radius 3 is 2.88 bits per heavy atom. The maximum atomic E-state index is 13.3. The quantitative estimate of drug-likeness (QED) is 0.923. The summed E-state index contributed by atoms with van der Waals surface area (Å²) in [7, 11) is 0. The molecule has 0 aromatic heterocycles. The number of hydrogen-bond donors (Lipinski definition) is 1. The van der Waals surface area contributed by atoms with Crippen LogP contribution in [0.25, 0.3) is 0 Å². The van der Waals surface area contributed by atoms with Crippen LogP contribution >= 0.6 is 15.9 Å². The van der Waals surface area contributed by atoms with Gasteiger partial charge in [0.2, 0.25) is 0 Å². The van der Waals surface area contributed by atoms with Gasteiger partial charge in [-0.1, -0.05) is 12.1 Å². The standard InChI is InChI=1S/C12H15BrFNO/c13-12-9(2-1-3-11(12)14)8-15-10-4-6-16-7-5-10/h1-3,10,15H,4-8H2. The topological polar surface area (TPSA) is 21.3 Å². The average Bonchev–Trinajstić information content (AvgIpc) is 2.32.